The predicted molar refractivity (Wildman–Crippen MR) is 114 cm³/mol. The zero-order chi connectivity index (χ0) is 23.8. The van der Waals surface area contributed by atoms with Crippen LogP contribution in [-0.2, 0) is 16.0 Å². The molecule has 176 valence electrons. The number of aryl methyl sites for hydroxylation is 1. The number of carbonyl (C=O) groups is 1. The van der Waals surface area contributed by atoms with Crippen LogP contribution in [0.5, 0.6) is 5.75 Å². The van der Waals surface area contributed by atoms with Crippen LogP contribution in [0, 0.1) is 6.92 Å². The summed E-state index contributed by atoms with van der Waals surface area (Å²) in [4.78, 5) is 16.6. The number of aromatic nitrogens is 2. The van der Waals surface area contributed by atoms with Gasteiger partial charge in [0.25, 0.3) is 0 Å². The van der Waals surface area contributed by atoms with Gasteiger partial charge < -0.3 is 14.0 Å². The second-order valence-corrected chi connectivity index (χ2v) is 7.42. The van der Waals surface area contributed by atoms with E-state index in [2.05, 4.69) is 20.2 Å². The van der Waals surface area contributed by atoms with Gasteiger partial charge in [0.2, 0.25) is 0 Å². The van der Waals surface area contributed by atoms with E-state index >= 15 is 0 Å². The molecule has 0 saturated carbocycles. The molecule has 0 amide bonds. The van der Waals surface area contributed by atoms with E-state index in [1.807, 2.05) is 31.2 Å². The summed E-state index contributed by atoms with van der Waals surface area (Å²) < 4.78 is 51.7. The lowest BCUT2D eigenvalue weighted by molar-refractivity contribution is -0.153. The van der Waals surface area contributed by atoms with E-state index in [4.69, 9.17) is 9.26 Å². The minimum absolute atomic E-state index is 0.00756. The average molecular weight is 463 g/mol. The number of ether oxygens (including phenoxy) is 2. The number of benzene rings is 1. The summed E-state index contributed by atoms with van der Waals surface area (Å²) in [5.41, 5.74) is 3.25. The van der Waals surface area contributed by atoms with Crippen molar-refractivity contribution in [3.8, 4) is 16.9 Å². The number of halogens is 3. The molecule has 1 atom stereocenters. The first-order valence-corrected chi connectivity index (χ1v) is 10.2. The lowest BCUT2D eigenvalue weighted by atomic mass is 10.0. The van der Waals surface area contributed by atoms with E-state index in [9.17, 15) is 18.0 Å². The lowest BCUT2D eigenvalue weighted by Gasteiger charge is -2.17. The molecule has 0 aliphatic heterocycles. The third-order valence-electron chi connectivity index (χ3n) is 4.81. The van der Waals surface area contributed by atoms with Crippen LogP contribution in [0.15, 0.2) is 53.3 Å². The Morgan fingerprint density at radius 1 is 1.15 bits per heavy atom. The highest BCUT2D eigenvalue weighted by atomic mass is 19.4. The summed E-state index contributed by atoms with van der Waals surface area (Å²) in [5, 5.41) is 6.86. The van der Waals surface area contributed by atoms with Crippen molar-refractivity contribution in [2.24, 2.45) is 0 Å². The standard InChI is InChI=1S/C23H24F3N3O4/c1-15-20(12-29-33-15)17-5-3-16(4-6-17)9-18(30)10-27-22(13-31-2)21-8-7-19(11-28-21)32-14-23(24,25)26/h3-8,11-12,22,27H,9-10,13-14H2,1-2H3/t22-/m1/s1. The summed E-state index contributed by atoms with van der Waals surface area (Å²) in [6, 6.07) is 10.1. The van der Waals surface area contributed by atoms with Crippen molar-refractivity contribution in [2.45, 2.75) is 25.6 Å². The first kappa shape index (κ1) is 24.4. The van der Waals surface area contributed by atoms with E-state index in [1.54, 1.807) is 6.20 Å². The van der Waals surface area contributed by atoms with Crippen molar-refractivity contribution in [3.63, 3.8) is 0 Å². The molecule has 2 aromatic heterocycles. The number of hydrogen-bond acceptors (Lipinski definition) is 7. The molecule has 0 unspecified atom stereocenters. The maximum atomic E-state index is 12.5. The summed E-state index contributed by atoms with van der Waals surface area (Å²) in [5.74, 6) is 0.698. The number of hydrogen-bond donors (Lipinski definition) is 1. The van der Waals surface area contributed by atoms with Gasteiger partial charge in [0.1, 0.15) is 11.5 Å². The highest BCUT2D eigenvalue weighted by Crippen LogP contribution is 2.23. The van der Waals surface area contributed by atoms with Gasteiger partial charge in [-0.05, 0) is 30.2 Å². The van der Waals surface area contributed by atoms with E-state index < -0.39 is 18.8 Å². The van der Waals surface area contributed by atoms with Gasteiger partial charge in [-0.15, -0.1) is 0 Å². The van der Waals surface area contributed by atoms with E-state index in [0.717, 1.165) is 22.5 Å². The first-order chi connectivity index (χ1) is 15.7. The molecule has 0 saturated heterocycles. The molecule has 3 rings (SSSR count). The van der Waals surface area contributed by atoms with Gasteiger partial charge in [-0.1, -0.05) is 29.4 Å². The molecule has 0 radical (unpaired) electrons. The van der Waals surface area contributed by atoms with Crippen molar-refractivity contribution in [2.75, 3.05) is 26.9 Å². The summed E-state index contributed by atoms with van der Waals surface area (Å²) >= 11 is 0. The highest BCUT2D eigenvalue weighted by molar-refractivity contribution is 5.83. The normalized spacial score (nSPS) is 12.5. The van der Waals surface area contributed by atoms with Gasteiger partial charge in [-0.25, -0.2) is 0 Å². The zero-order valence-corrected chi connectivity index (χ0v) is 18.2. The molecule has 1 N–H and O–H groups in total. The number of nitrogens with one attached hydrogen (secondary N) is 1. The van der Waals surface area contributed by atoms with Crippen molar-refractivity contribution in [1.82, 2.24) is 15.5 Å². The molecule has 0 bridgehead atoms. The summed E-state index contributed by atoms with van der Waals surface area (Å²) in [7, 11) is 1.51. The SMILES string of the molecule is COC[C@@H](NCC(=O)Cc1ccc(-c2cnoc2C)cc1)c1ccc(OCC(F)(F)F)cn1. The number of rotatable bonds is 11. The van der Waals surface area contributed by atoms with Crippen molar-refractivity contribution < 1.29 is 32.0 Å². The molecule has 2 heterocycles. The highest BCUT2D eigenvalue weighted by Gasteiger charge is 2.28. The molecule has 3 aromatic rings. The van der Waals surface area contributed by atoms with Gasteiger partial charge in [0, 0.05) is 19.1 Å². The van der Waals surface area contributed by atoms with Gasteiger partial charge in [-0.2, -0.15) is 13.2 Å². The maximum absolute atomic E-state index is 12.5. The van der Waals surface area contributed by atoms with E-state index in [1.165, 1.54) is 25.4 Å². The number of ketones is 1. The smallest absolute Gasteiger partial charge is 0.422 e. The molecule has 0 aliphatic carbocycles. The maximum Gasteiger partial charge on any atom is 0.422 e. The minimum atomic E-state index is -4.42. The Morgan fingerprint density at radius 2 is 1.91 bits per heavy atom. The number of alkyl halides is 3. The van der Waals surface area contributed by atoms with Gasteiger partial charge in [-0.3, -0.25) is 15.1 Å². The van der Waals surface area contributed by atoms with Crippen molar-refractivity contribution in [3.05, 3.63) is 65.8 Å². The van der Waals surface area contributed by atoms with E-state index in [-0.39, 0.29) is 31.1 Å². The molecule has 33 heavy (non-hydrogen) atoms. The molecule has 0 fully saturated rings. The fourth-order valence-electron chi connectivity index (χ4n) is 3.17. The Morgan fingerprint density at radius 3 is 2.48 bits per heavy atom. The number of carbonyl (C=O) groups excluding carboxylic acids is 1. The second-order valence-electron chi connectivity index (χ2n) is 7.42. The molecular formula is C23H24F3N3O4. The Bertz CT molecular complexity index is 1030. The van der Waals surface area contributed by atoms with Crippen LogP contribution < -0.4 is 10.1 Å². The number of nitrogens with zero attached hydrogens (tertiary/aromatic N) is 2. The van der Waals surface area contributed by atoms with Crippen LogP contribution in [0.3, 0.4) is 0 Å². The lowest BCUT2D eigenvalue weighted by Crippen LogP contribution is -2.31. The molecule has 0 aliphatic rings. The zero-order valence-electron chi connectivity index (χ0n) is 18.2. The third-order valence-corrected chi connectivity index (χ3v) is 4.81. The Hall–Kier alpha value is -3.24. The molecule has 7 nitrogen and oxygen atoms in total. The second kappa shape index (κ2) is 11.1. The Kier molecular flexibility index (Phi) is 8.18. The van der Waals surface area contributed by atoms with Crippen LogP contribution in [0.1, 0.15) is 23.1 Å². The monoisotopic (exact) mass is 463 g/mol. The fraction of sp³-hybridized carbons (Fsp3) is 0.348. The van der Waals surface area contributed by atoms with Crippen molar-refractivity contribution in [1.29, 1.82) is 0 Å². The van der Waals surface area contributed by atoms with Crippen LogP contribution >= 0.6 is 0 Å². The third kappa shape index (κ3) is 7.40. The number of methoxy groups -OCH3 is 1. The quantitative estimate of drug-likeness (QED) is 0.459. The molecule has 10 heteroatoms. The Balaban J connectivity index is 1.54. The first-order valence-electron chi connectivity index (χ1n) is 10.2. The Labute approximate surface area is 188 Å². The summed E-state index contributed by atoms with van der Waals surface area (Å²) in [6.07, 6.45) is -1.31. The predicted octanol–water partition coefficient (Wildman–Crippen LogP) is 4.08. The number of pyridine rings is 1. The largest absolute Gasteiger partial charge is 0.483 e. The molecular weight excluding hydrogens is 439 g/mol. The topological polar surface area (TPSA) is 86.5 Å². The average Bonchev–Trinajstić information content (AvgIpc) is 3.21. The van der Waals surface area contributed by atoms with Crippen LogP contribution in [-0.4, -0.2) is 49.0 Å². The van der Waals surface area contributed by atoms with Gasteiger partial charge in [0.05, 0.1) is 37.3 Å². The van der Waals surface area contributed by atoms with Crippen molar-refractivity contribution >= 4 is 5.78 Å². The van der Waals surface area contributed by atoms with Crippen LogP contribution in [0.4, 0.5) is 13.2 Å². The fourth-order valence-corrected chi connectivity index (χ4v) is 3.17. The number of Topliss-reactive ketones (excluding diaryl/α,β-unsaturated/α-hetero) is 1. The van der Waals surface area contributed by atoms with Crippen LogP contribution in [0.25, 0.3) is 11.1 Å². The molecule has 1 aromatic carbocycles. The van der Waals surface area contributed by atoms with Crippen LogP contribution in [0.2, 0.25) is 0 Å². The van der Waals surface area contributed by atoms with Gasteiger partial charge >= 0.3 is 6.18 Å². The minimum Gasteiger partial charge on any atom is -0.483 e. The molecule has 0 spiro atoms. The summed E-state index contributed by atoms with van der Waals surface area (Å²) in [6.45, 7) is 0.756. The van der Waals surface area contributed by atoms with E-state index in [0.29, 0.717) is 5.69 Å². The van der Waals surface area contributed by atoms with Gasteiger partial charge in [0.15, 0.2) is 12.4 Å².